The molecule has 0 aromatic heterocycles. The predicted octanol–water partition coefficient (Wildman–Crippen LogP) is 3.86. The second kappa shape index (κ2) is 9.81. The van der Waals surface area contributed by atoms with Gasteiger partial charge in [0.25, 0.3) is 0 Å². The van der Waals surface area contributed by atoms with E-state index < -0.39 is 0 Å². The molecule has 1 aromatic carbocycles. The Morgan fingerprint density at radius 1 is 1.29 bits per heavy atom. The molecule has 1 amide bonds. The molecule has 0 heterocycles. The SMILES string of the molecule is C/C=C/C=CC(=O)NCc1ccccc1OCCC(C)C. The van der Waals surface area contributed by atoms with E-state index in [-0.39, 0.29) is 5.91 Å². The predicted molar refractivity (Wildman–Crippen MR) is 87.2 cm³/mol. The van der Waals surface area contributed by atoms with Gasteiger partial charge in [-0.1, -0.05) is 50.3 Å². The first-order chi connectivity index (χ1) is 10.1. The van der Waals surface area contributed by atoms with Crippen LogP contribution in [0.25, 0.3) is 0 Å². The highest BCUT2D eigenvalue weighted by Crippen LogP contribution is 2.18. The quantitative estimate of drug-likeness (QED) is 0.582. The van der Waals surface area contributed by atoms with Crippen molar-refractivity contribution in [2.45, 2.75) is 33.7 Å². The summed E-state index contributed by atoms with van der Waals surface area (Å²) in [5.74, 6) is 1.36. The van der Waals surface area contributed by atoms with Gasteiger partial charge in [-0.3, -0.25) is 4.79 Å². The summed E-state index contributed by atoms with van der Waals surface area (Å²) in [7, 11) is 0. The molecule has 21 heavy (non-hydrogen) atoms. The summed E-state index contributed by atoms with van der Waals surface area (Å²) in [5, 5.41) is 2.86. The second-order valence-electron chi connectivity index (χ2n) is 5.24. The van der Waals surface area contributed by atoms with Gasteiger partial charge in [0.2, 0.25) is 5.91 Å². The van der Waals surface area contributed by atoms with E-state index in [9.17, 15) is 4.79 Å². The van der Waals surface area contributed by atoms with Crippen LogP contribution in [0.5, 0.6) is 5.75 Å². The van der Waals surface area contributed by atoms with Gasteiger partial charge in [-0.2, -0.15) is 0 Å². The van der Waals surface area contributed by atoms with Gasteiger partial charge in [0.05, 0.1) is 6.61 Å². The highest BCUT2D eigenvalue weighted by atomic mass is 16.5. The number of hydrogen-bond acceptors (Lipinski definition) is 2. The third-order valence-corrected chi connectivity index (χ3v) is 2.93. The minimum atomic E-state index is -0.106. The monoisotopic (exact) mass is 287 g/mol. The summed E-state index contributed by atoms with van der Waals surface area (Å²) in [5.41, 5.74) is 0.994. The normalized spacial score (nSPS) is 11.4. The number of rotatable bonds is 8. The van der Waals surface area contributed by atoms with Gasteiger partial charge in [0.15, 0.2) is 0 Å². The van der Waals surface area contributed by atoms with Crippen molar-refractivity contribution >= 4 is 5.91 Å². The van der Waals surface area contributed by atoms with Crippen LogP contribution < -0.4 is 10.1 Å². The summed E-state index contributed by atoms with van der Waals surface area (Å²) >= 11 is 0. The lowest BCUT2D eigenvalue weighted by Gasteiger charge is -2.12. The Kier molecular flexibility index (Phi) is 7.95. The maximum Gasteiger partial charge on any atom is 0.244 e. The van der Waals surface area contributed by atoms with E-state index >= 15 is 0 Å². The van der Waals surface area contributed by atoms with Crippen LogP contribution in [-0.2, 0) is 11.3 Å². The van der Waals surface area contributed by atoms with Crippen molar-refractivity contribution in [3.63, 3.8) is 0 Å². The van der Waals surface area contributed by atoms with Gasteiger partial charge in [0, 0.05) is 18.2 Å². The fourth-order valence-electron chi connectivity index (χ4n) is 1.69. The lowest BCUT2D eigenvalue weighted by molar-refractivity contribution is -0.116. The minimum absolute atomic E-state index is 0.106. The molecule has 0 fully saturated rings. The van der Waals surface area contributed by atoms with Crippen molar-refractivity contribution in [2.75, 3.05) is 6.61 Å². The molecule has 0 unspecified atom stereocenters. The number of benzene rings is 1. The Balaban J connectivity index is 2.52. The highest BCUT2D eigenvalue weighted by Gasteiger charge is 2.04. The van der Waals surface area contributed by atoms with Gasteiger partial charge < -0.3 is 10.1 Å². The summed E-state index contributed by atoms with van der Waals surface area (Å²) in [4.78, 5) is 11.6. The molecule has 1 rings (SSSR count). The lowest BCUT2D eigenvalue weighted by atomic mass is 10.1. The highest BCUT2D eigenvalue weighted by molar-refractivity contribution is 5.87. The van der Waals surface area contributed by atoms with Crippen molar-refractivity contribution in [2.24, 2.45) is 5.92 Å². The largest absolute Gasteiger partial charge is 0.493 e. The Labute approximate surface area is 127 Å². The number of hydrogen-bond donors (Lipinski definition) is 1. The molecule has 0 atom stereocenters. The molecule has 0 radical (unpaired) electrons. The molecule has 3 heteroatoms. The Morgan fingerprint density at radius 3 is 2.76 bits per heavy atom. The third kappa shape index (κ3) is 7.35. The summed E-state index contributed by atoms with van der Waals surface area (Å²) < 4.78 is 5.80. The smallest absolute Gasteiger partial charge is 0.244 e. The van der Waals surface area contributed by atoms with Crippen LogP contribution >= 0.6 is 0 Å². The van der Waals surface area contributed by atoms with Gasteiger partial charge in [-0.15, -0.1) is 0 Å². The molecule has 0 bridgehead atoms. The number of carbonyl (C=O) groups is 1. The zero-order chi connectivity index (χ0) is 15.5. The van der Waals surface area contributed by atoms with Crippen molar-refractivity contribution in [1.82, 2.24) is 5.32 Å². The number of carbonyl (C=O) groups excluding carboxylic acids is 1. The van der Waals surface area contributed by atoms with Crippen molar-refractivity contribution in [3.8, 4) is 5.75 Å². The number of ether oxygens (including phenoxy) is 1. The first-order valence-electron chi connectivity index (χ1n) is 7.41. The van der Waals surface area contributed by atoms with E-state index in [1.54, 1.807) is 6.08 Å². The fraction of sp³-hybridized carbons (Fsp3) is 0.389. The van der Waals surface area contributed by atoms with Crippen LogP contribution in [0, 0.1) is 5.92 Å². The maximum absolute atomic E-state index is 11.6. The van der Waals surface area contributed by atoms with E-state index in [1.807, 2.05) is 43.3 Å². The Bertz CT molecular complexity index is 490. The van der Waals surface area contributed by atoms with Crippen LogP contribution in [0.15, 0.2) is 48.6 Å². The molecule has 0 aliphatic rings. The zero-order valence-corrected chi connectivity index (χ0v) is 13.1. The minimum Gasteiger partial charge on any atom is -0.493 e. The molecular weight excluding hydrogens is 262 g/mol. The standard InChI is InChI=1S/C18H25NO2/c1-4-5-6-11-18(20)19-14-16-9-7-8-10-17(16)21-13-12-15(2)3/h4-11,15H,12-14H2,1-3H3,(H,19,20)/b5-4+,11-6?. The van der Waals surface area contributed by atoms with Crippen LogP contribution in [0.3, 0.4) is 0 Å². The zero-order valence-electron chi connectivity index (χ0n) is 13.1. The molecule has 0 aliphatic heterocycles. The lowest BCUT2D eigenvalue weighted by Crippen LogP contribution is -2.20. The van der Waals surface area contributed by atoms with E-state index in [0.29, 0.717) is 19.1 Å². The van der Waals surface area contributed by atoms with Gasteiger partial charge >= 0.3 is 0 Å². The Hall–Kier alpha value is -2.03. The molecule has 1 N–H and O–H groups in total. The molecule has 0 aliphatic carbocycles. The van der Waals surface area contributed by atoms with Gasteiger partial charge in [-0.05, 0) is 25.3 Å². The number of para-hydroxylation sites is 1. The van der Waals surface area contributed by atoms with Crippen LogP contribution in [-0.4, -0.2) is 12.5 Å². The average Bonchev–Trinajstić information content (AvgIpc) is 2.46. The molecular formula is C18H25NO2. The van der Waals surface area contributed by atoms with E-state index in [2.05, 4.69) is 19.2 Å². The molecule has 3 nitrogen and oxygen atoms in total. The molecule has 0 saturated carbocycles. The average molecular weight is 287 g/mol. The topological polar surface area (TPSA) is 38.3 Å². The number of allylic oxidation sites excluding steroid dienone is 3. The maximum atomic E-state index is 11.6. The first kappa shape index (κ1) is 17.0. The summed E-state index contributed by atoms with van der Waals surface area (Å²) in [6.07, 6.45) is 7.96. The molecule has 0 spiro atoms. The molecule has 0 saturated heterocycles. The van der Waals surface area contributed by atoms with Crippen LogP contribution in [0.4, 0.5) is 0 Å². The fourth-order valence-corrected chi connectivity index (χ4v) is 1.69. The van der Waals surface area contributed by atoms with Crippen molar-refractivity contribution < 1.29 is 9.53 Å². The first-order valence-corrected chi connectivity index (χ1v) is 7.41. The van der Waals surface area contributed by atoms with E-state index in [4.69, 9.17) is 4.74 Å². The van der Waals surface area contributed by atoms with Crippen molar-refractivity contribution in [3.05, 3.63) is 54.1 Å². The van der Waals surface area contributed by atoms with E-state index in [1.165, 1.54) is 6.08 Å². The Morgan fingerprint density at radius 2 is 2.05 bits per heavy atom. The van der Waals surface area contributed by atoms with Gasteiger partial charge in [-0.25, -0.2) is 0 Å². The van der Waals surface area contributed by atoms with Crippen LogP contribution in [0.1, 0.15) is 32.8 Å². The van der Waals surface area contributed by atoms with Gasteiger partial charge in [0.1, 0.15) is 5.75 Å². The second-order valence-corrected chi connectivity index (χ2v) is 5.24. The number of amides is 1. The summed E-state index contributed by atoms with van der Waals surface area (Å²) in [6, 6.07) is 7.81. The molecule has 114 valence electrons. The summed E-state index contributed by atoms with van der Waals surface area (Å²) in [6.45, 7) is 7.42. The van der Waals surface area contributed by atoms with Crippen LogP contribution in [0.2, 0.25) is 0 Å². The third-order valence-electron chi connectivity index (χ3n) is 2.93. The van der Waals surface area contributed by atoms with Crippen molar-refractivity contribution in [1.29, 1.82) is 0 Å². The number of nitrogens with one attached hydrogen (secondary N) is 1. The van der Waals surface area contributed by atoms with E-state index in [0.717, 1.165) is 17.7 Å². The molecule has 1 aromatic rings.